The lowest BCUT2D eigenvalue weighted by atomic mass is 9.97. The second kappa shape index (κ2) is 4.34. The predicted octanol–water partition coefficient (Wildman–Crippen LogP) is 2.69. The normalized spacial score (nSPS) is 14.3. The highest BCUT2D eigenvalue weighted by molar-refractivity contribution is 6.30. The first-order chi connectivity index (χ1) is 10.6. The van der Waals surface area contributed by atoms with Crippen LogP contribution in [0.1, 0.15) is 5.56 Å². The number of methoxy groups -OCH3 is 1. The van der Waals surface area contributed by atoms with Crippen LogP contribution < -0.4 is 15.2 Å². The highest BCUT2D eigenvalue weighted by Gasteiger charge is 2.41. The van der Waals surface area contributed by atoms with E-state index in [2.05, 4.69) is 16.7 Å². The standard InChI is InChI=1S/C17H12FN2O2/c1-8-9(2)15-13(16-17(19-15)22-20-16)7-11(8)12-6-10(18)4-5-14(12)21-3/h4-7H,1H2,2-3H3/q+1. The number of aliphatic imine (C=N–C) groups is 1. The van der Waals surface area contributed by atoms with Gasteiger partial charge in [-0.25, -0.2) is 4.39 Å². The molecule has 2 heterocycles. The molecule has 0 N–H and O–H groups in total. The van der Waals surface area contributed by atoms with Crippen LogP contribution in [0.4, 0.5) is 10.1 Å². The van der Waals surface area contributed by atoms with Gasteiger partial charge in [0.1, 0.15) is 11.6 Å². The third-order valence-electron chi connectivity index (χ3n) is 4.02. The zero-order chi connectivity index (χ0) is 15.4. The zero-order valence-corrected chi connectivity index (χ0v) is 12.1. The molecule has 108 valence electrons. The van der Waals surface area contributed by atoms with E-state index in [1.54, 1.807) is 13.2 Å². The van der Waals surface area contributed by atoms with Crippen LogP contribution in [0.3, 0.4) is 0 Å². The lowest BCUT2D eigenvalue weighted by molar-refractivity contribution is 0.415. The molecule has 0 fully saturated rings. The zero-order valence-electron chi connectivity index (χ0n) is 12.1. The van der Waals surface area contributed by atoms with E-state index in [1.807, 2.05) is 13.0 Å². The SMILES string of the molecule is C=c1c(-c2cc(F)ccc2OC)cc2c(c1C)N=C1[O+]=NC=21. The quantitative estimate of drug-likeness (QED) is 0.786. The van der Waals surface area contributed by atoms with Gasteiger partial charge in [0.05, 0.1) is 12.8 Å². The fourth-order valence-corrected chi connectivity index (χ4v) is 2.77. The second-order valence-corrected chi connectivity index (χ2v) is 5.22. The van der Waals surface area contributed by atoms with E-state index in [0.29, 0.717) is 17.2 Å². The van der Waals surface area contributed by atoms with Crippen molar-refractivity contribution in [2.24, 2.45) is 10.2 Å². The Morgan fingerprint density at radius 2 is 2.05 bits per heavy atom. The van der Waals surface area contributed by atoms with Crippen LogP contribution in [0, 0.1) is 17.3 Å². The average molecular weight is 295 g/mol. The number of rotatable bonds is 2. The van der Waals surface area contributed by atoms with E-state index in [0.717, 1.165) is 32.9 Å². The first-order valence-corrected chi connectivity index (χ1v) is 6.78. The molecule has 0 amide bonds. The third-order valence-corrected chi connectivity index (χ3v) is 4.02. The molecule has 2 aromatic carbocycles. The summed E-state index contributed by atoms with van der Waals surface area (Å²) in [5, 5.41) is 5.57. The van der Waals surface area contributed by atoms with Crippen LogP contribution in [0.15, 0.2) is 34.4 Å². The molecule has 22 heavy (non-hydrogen) atoms. The van der Waals surface area contributed by atoms with Crippen molar-refractivity contribution in [3.05, 3.63) is 50.6 Å². The van der Waals surface area contributed by atoms with Crippen molar-refractivity contribution in [2.75, 3.05) is 7.11 Å². The monoisotopic (exact) mass is 295 g/mol. The Hall–Kier alpha value is -2.82. The molecule has 0 radical (unpaired) electrons. The molecule has 2 aromatic rings. The molecule has 0 bridgehead atoms. The molecule has 0 aromatic heterocycles. The molecule has 5 heteroatoms. The highest BCUT2D eigenvalue weighted by Crippen LogP contribution is 2.31. The van der Waals surface area contributed by atoms with E-state index < -0.39 is 0 Å². The van der Waals surface area contributed by atoms with Crippen molar-refractivity contribution in [1.29, 1.82) is 0 Å². The maximum Gasteiger partial charge on any atom is 0.533 e. The first kappa shape index (κ1) is 12.9. The summed E-state index contributed by atoms with van der Waals surface area (Å²) in [5.41, 5.74) is 3.93. The van der Waals surface area contributed by atoms with Crippen LogP contribution >= 0.6 is 0 Å². The maximum absolute atomic E-state index is 13.7. The van der Waals surface area contributed by atoms with Gasteiger partial charge in [-0.3, -0.25) is 0 Å². The molecule has 0 saturated heterocycles. The van der Waals surface area contributed by atoms with E-state index in [1.165, 1.54) is 12.1 Å². The summed E-state index contributed by atoms with van der Waals surface area (Å²) in [6.45, 7) is 6.06. The average Bonchev–Trinajstić information content (AvgIpc) is 2.73. The van der Waals surface area contributed by atoms with E-state index >= 15 is 0 Å². The number of nitroso groups, excluding NO2 is 1. The lowest BCUT2D eigenvalue weighted by Gasteiger charge is -2.11. The Balaban J connectivity index is 2.08. The minimum Gasteiger partial charge on any atom is -0.496 e. The molecule has 4 rings (SSSR count). The van der Waals surface area contributed by atoms with Crippen LogP contribution in [0.25, 0.3) is 23.4 Å². The van der Waals surface area contributed by atoms with Crippen molar-refractivity contribution >= 4 is 23.9 Å². The minimum atomic E-state index is -0.324. The van der Waals surface area contributed by atoms with Crippen LogP contribution in [0.2, 0.25) is 0 Å². The van der Waals surface area contributed by atoms with E-state index in [4.69, 9.17) is 9.27 Å². The van der Waals surface area contributed by atoms with Gasteiger partial charge in [-0.05, 0) is 52.1 Å². The van der Waals surface area contributed by atoms with Gasteiger partial charge in [0.25, 0.3) is 0 Å². The molecular weight excluding hydrogens is 283 g/mol. The number of ether oxygens (including phenoxy) is 1. The summed E-state index contributed by atoms with van der Waals surface area (Å²) in [4.78, 5) is 4.39. The second-order valence-electron chi connectivity index (χ2n) is 5.22. The fraction of sp³-hybridized carbons (Fsp3) is 0.118. The maximum atomic E-state index is 13.7. The van der Waals surface area contributed by atoms with Gasteiger partial charge in [-0.15, -0.1) is 0 Å². The van der Waals surface area contributed by atoms with Gasteiger partial charge in [0.15, 0.2) is 5.18 Å². The topological polar surface area (TPSA) is 45.2 Å². The number of benzene rings is 2. The number of hydrogen-bond donors (Lipinski definition) is 0. The molecule has 4 nitrogen and oxygen atoms in total. The van der Waals surface area contributed by atoms with Gasteiger partial charge in [0, 0.05) is 10.8 Å². The van der Waals surface area contributed by atoms with Crippen molar-refractivity contribution in [3.8, 4) is 16.9 Å². The molecule has 0 saturated carbocycles. The summed E-state index contributed by atoms with van der Waals surface area (Å²) in [6.07, 6.45) is 0. The van der Waals surface area contributed by atoms with Crippen molar-refractivity contribution in [1.82, 2.24) is 0 Å². The van der Waals surface area contributed by atoms with Crippen LogP contribution in [-0.2, 0) is 0 Å². The Morgan fingerprint density at radius 1 is 1.23 bits per heavy atom. The smallest absolute Gasteiger partial charge is 0.496 e. The van der Waals surface area contributed by atoms with E-state index in [-0.39, 0.29) is 5.82 Å². The molecule has 0 atom stereocenters. The minimum absolute atomic E-state index is 0.324. The number of halogens is 1. The third kappa shape index (κ3) is 1.59. The number of nitrogens with zero attached hydrogens (tertiary/aromatic N) is 2. The number of fused-ring (bicyclic) bond motifs is 2. The van der Waals surface area contributed by atoms with Gasteiger partial charge in [-0.1, -0.05) is 6.58 Å². The number of hydrogen-bond acceptors (Lipinski definition) is 3. The fourth-order valence-electron chi connectivity index (χ4n) is 2.77. The van der Waals surface area contributed by atoms with Gasteiger partial charge in [0.2, 0.25) is 0 Å². The van der Waals surface area contributed by atoms with Gasteiger partial charge in [-0.2, -0.15) is 4.99 Å². The van der Waals surface area contributed by atoms with Gasteiger partial charge >= 0.3 is 11.6 Å². The predicted molar refractivity (Wildman–Crippen MR) is 84.2 cm³/mol. The Kier molecular flexibility index (Phi) is 2.54. The van der Waals surface area contributed by atoms with Crippen molar-refractivity contribution < 1.29 is 9.13 Å². The van der Waals surface area contributed by atoms with Gasteiger partial charge < -0.3 is 4.74 Å². The van der Waals surface area contributed by atoms with E-state index in [9.17, 15) is 4.39 Å². The van der Waals surface area contributed by atoms with Crippen molar-refractivity contribution in [3.63, 3.8) is 0 Å². The van der Waals surface area contributed by atoms with Crippen LogP contribution in [0.5, 0.6) is 5.75 Å². The molecule has 2 aliphatic heterocycles. The molecule has 0 spiro atoms. The largest absolute Gasteiger partial charge is 0.533 e. The summed E-state index contributed by atoms with van der Waals surface area (Å²) < 4.78 is 24.0. The summed E-state index contributed by atoms with van der Waals surface area (Å²) in [6, 6.07) is 6.35. The Morgan fingerprint density at radius 3 is 2.73 bits per heavy atom. The summed E-state index contributed by atoms with van der Waals surface area (Å²) in [5.74, 6) is 0.798. The van der Waals surface area contributed by atoms with Crippen LogP contribution in [-0.4, -0.2) is 13.0 Å². The first-order valence-electron chi connectivity index (χ1n) is 6.78. The molecule has 2 aliphatic rings. The lowest BCUT2D eigenvalue weighted by Crippen LogP contribution is -2.18. The molecular formula is C17H12FN2O2+. The summed E-state index contributed by atoms with van der Waals surface area (Å²) >= 11 is 0. The molecule has 0 unspecified atom stereocenters. The van der Waals surface area contributed by atoms with Crippen molar-refractivity contribution in [2.45, 2.75) is 6.92 Å². The summed E-state index contributed by atoms with van der Waals surface area (Å²) in [7, 11) is 1.56. The molecule has 0 aliphatic carbocycles. The highest BCUT2D eigenvalue weighted by atomic mass is 19.1. The Labute approximate surface area is 125 Å². The Bertz CT molecular complexity index is 1010.